The van der Waals surface area contributed by atoms with Crippen LogP contribution in [0.3, 0.4) is 0 Å². The lowest BCUT2D eigenvalue weighted by atomic mass is 10.2. The second kappa shape index (κ2) is 9.97. The number of imidazole rings is 1. The molecule has 166 valence electrons. The van der Waals surface area contributed by atoms with E-state index in [0.717, 1.165) is 5.56 Å². The van der Waals surface area contributed by atoms with Crippen molar-refractivity contribution in [1.29, 1.82) is 0 Å². The average Bonchev–Trinajstić information content (AvgIpc) is 3.14. The minimum absolute atomic E-state index is 0.110. The minimum Gasteiger partial charge on any atom is -0.484 e. The largest absolute Gasteiger partial charge is 0.484 e. The number of fused-ring (bicyclic) bond motifs is 1. The van der Waals surface area contributed by atoms with Gasteiger partial charge in [-0.2, -0.15) is 5.10 Å². The Morgan fingerprint density at radius 3 is 2.61 bits per heavy atom. The Labute approximate surface area is 194 Å². The number of hydrazone groups is 1. The van der Waals surface area contributed by atoms with Crippen LogP contribution in [-0.4, -0.2) is 34.0 Å². The first kappa shape index (κ1) is 22.0. The zero-order valence-corrected chi connectivity index (χ0v) is 18.4. The summed E-state index contributed by atoms with van der Waals surface area (Å²) in [6.45, 7) is 1.64. The number of carbonyl (C=O) groups excluding carboxylic acids is 2. The molecule has 8 nitrogen and oxygen atoms in total. The summed E-state index contributed by atoms with van der Waals surface area (Å²) in [5, 5.41) is 7.27. The fraction of sp³-hybridized carbons (Fsp3) is 0.0833. The number of amides is 2. The van der Waals surface area contributed by atoms with Crippen molar-refractivity contribution in [2.75, 3.05) is 11.9 Å². The van der Waals surface area contributed by atoms with Crippen LogP contribution in [-0.2, 0) is 4.79 Å². The number of hydrogen-bond donors (Lipinski definition) is 2. The summed E-state index contributed by atoms with van der Waals surface area (Å²) in [6, 6.07) is 19.6. The topological polar surface area (TPSA) is 97.1 Å². The van der Waals surface area contributed by atoms with Crippen LogP contribution in [0.4, 0.5) is 5.69 Å². The number of aromatic nitrogens is 2. The smallest absolute Gasteiger partial charge is 0.290 e. The zero-order chi connectivity index (χ0) is 23.2. The van der Waals surface area contributed by atoms with E-state index in [1.807, 2.05) is 18.2 Å². The van der Waals surface area contributed by atoms with Crippen molar-refractivity contribution in [3.63, 3.8) is 0 Å². The number of rotatable bonds is 7. The number of benzene rings is 2. The minimum atomic E-state index is -0.400. The number of aryl methyl sites for hydroxylation is 1. The van der Waals surface area contributed by atoms with Crippen LogP contribution in [0.1, 0.15) is 21.7 Å². The molecule has 0 saturated carbocycles. The van der Waals surface area contributed by atoms with Crippen molar-refractivity contribution in [2.24, 2.45) is 5.10 Å². The SMILES string of the molecule is Cc1nc2ccc(Cl)cn2c1C(=O)N/N=C\c1ccc(OCC(=O)Nc2ccccc2)cc1. The molecule has 0 bridgehead atoms. The predicted molar refractivity (Wildman–Crippen MR) is 127 cm³/mol. The van der Waals surface area contributed by atoms with E-state index < -0.39 is 5.91 Å². The molecule has 0 spiro atoms. The summed E-state index contributed by atoms with van der Waals surface area (Å²) in [4.78, 5) is 28.9. The summed E-state index contributed by atoms with van der Waals surface area (Å²) in [7, 11) is 0. The number of halogens is 1. The molecule has 0 aliphatic heterocycles. The third kappa shape index (κ3) is 5.55. The maximum absolute atomic E-state index is 12.6. The lowest BCUT2D eigenvalue weighted by Gasteiger charge is -2.07. The van der Waals surface area contributed by atoms with Gasteiger partial charge in [-0.25, -0.2) is 10.4 Å². The van der Waals surface area contributed by atoms with E-state index >= 15 is 0 Å². The molecule has 0 radical (unpaired) electrons. The first-order chi connectivity index (χ1) is 16.0. The molecule has 9 heteroatoms. The van der Waals surface area contributed by atoms with Crippen LogP contribution < -0.4 is 15.5 Å². The number of ether oxygens (including phenoxy) is 1. The number of pyridine rings is 1. The van der Waals surface area contributed by atoms with E-state index in [2.05, 4.69) is 20.8 Å². The Kier molecular flexibility index (Phi) is 6.66. The summed E-state index contributed by atoms with van der Waals surface area (Å²) >= 11 is 6.04. The van der Waals surface area contributed by atoms with Gasteiger partial charge in [0, 0.05) is 11.9 Å². The normalized spacial score (nSPS) is 11.0. The van der Waals surface area contributed by atoms with E-state index in [9.17, 15) is 9.59 Å². The highest BCUT2D eigenvalue weighted by atomic mass is 35.5. The molecule has 2 aromatic heterocycles. The van der Waals surface area contributed by atoms with Crippen LogP contribution in [0, 0.1) is 6.92 Å². The molecule has 0 atom stereocenters. The fourth-order valence-electron chi connectivity index (χ4n) is 3.15. The lowest BCUT2D eigenvalue weighted by molar-refractivity contribution is -0.118. The second-order valence-electron chi connectivity index (χ2n) is 7.09. The van der Waals surface area contributed by atoms with Gasteiger partial charge in [0.2, 0.25) is 0 Å². The molecule has 4 aromatic rings. The molecule has 2 heterocycles. The van der Waals surface area contributed by atoms with Crippen LogP contribution in [0.15, 0.2) is 78.0 Å². The first-order valence-corrected chi connectivity index (χ1v) is 10.4. The third-order valence-corrected chi connectivity index (χ3v) is 4.88. The Morgan fingerprint density at radius 2 is 1.85 bits per heavy atom. The van der Waals surface area contributed by atoms with E-state index in [1.54, 1.807) is 66.1 Å². The van der Waals surface area contributed by atoms with Gasteiger partial charge in [0.25, 0.3) is 11.8 Å². The van der Waals surface area contributed by atoms with Gasteiger partial charge in [0.1, 0.15) is 17.1 Å². The Balaban J connectivity index is 1.31. The van der Waals surface area contributed by atoms with Crippen molar-refractivity contribution in [2.45, 2.75) is 6.92 Å². The van der Waals surface area contributed by atoms with Gasteiger partial charge in [-0.15, -0.1) is 0 Å². The van der Waals surface area contributed by atoms with Gasteiger partial charge in [-0.1, -0.05) is 29.8 Å². The molecule has 0 aliphatic carbocycles. The third-order valence-electron chi connectivity index (χ3n) is 4.66. The summed E-state index contributed by atoms with van der Waals surface area (Å²) < 4.78 is 7.13. The van der Waals surface area contributed by atoms with Crippen molar-refractivity contribution >= 4 is 41.0 Å². The second-order valence-corrected chi connectivity index (χ2v) is 7.53. The summed E-state index contributed by atoms with van der Waals surface area (Å²) in [6.07, 6.45) is 3.14. The van der Waals surface area contributed by atoms with Crippen LogP contribution in [0.2, 0.25) is 5.02 Å². The number of nitrogens with zero attached hydrogens (tertiary/aromatic N) is 3. The summed E-state index contributed by atoms with van der Waals surface area (Å²) in [5.74, 6) is -0.112. The predicted octanol–water partition coefficient (Wildman–Crippen LogP) is 4.08. The molecule has 2 N–H and O–H groups in total. The molecule has 0 unspecified atom stereocenters. The van der Waals surface area contributed by atoms with Gasteiger partial charge in [-0.3, -0.25) is 14.0 Å². The number of carbonyl (C=O) groups is 2. The van der Waals surface area contributed by atoms with Gasteiger partial charge in [-0.05, 0) is 61.0 Å². The van der Waals surface area contributed by atoms with E-state index in [4.69, 9.17) is 16.3 Å². The van der Waals surface area contributed by atoms with Gasteiger partial charge in [0.05, 0.1) is 16.9 Å². The maximum atomic E-state index is 12.6. The van der Waals surface area contributed by atoms with Crippen molar-refractivity contribution in [3.05, 3.63) is 94.9 Å². The lowest BCUT2D eigenvalue weighted by Crippen LogP contribution is -2.20. The Hall–Kier alpha value is -4.17. The average molecular weight is 462 g/mol. The van der Waals surface area contributed by atoms with Crippen molar-refractivity contribution in [3.8, 4) is 5.75 Å². The van der Waals surface area contributed by atoms with Gasteiger partial charge >= 0.3 is 0 Å². The van der Waals surface area contributed by atoms with Crippen molar-refractivity contribution < 1.29 is 14.3 Å². The number of nitrogens with one attached hydrogen (secondary N) is 2. The summed E-state index contributed by atoms with van der Waals surface area (Å²) in [5.41, 5.74) is 5.52. The first-order valence-electron chi connectivity index (χ1n) is 10.0. The zero-order valence-electron chi connectivity index (χ0n) is 17.7. The maximum Gasteiger partial charge on any atom is 0.290 e. The quantitative estimate of drug-likeness (QED) is 0.320. The molecule has 2 amide bonds. The van der Waals surface area contributed by atoms with Crippen LogP contribution >= 0.6 is 11.6 Å². The molecule has 0 aliphatic rings. The molecule has 2 aromatic carbocycles. The Bertz CT molecular complexity index is 1320. The molecule has 0 fully saturated rings. The highest BCUT2D eigenvalue weighted by Crippen LogP contribution is 2.16. The van der Waals surface area contributed by atoms with Gasteiger partial charge < -0.3 is 10.1 Å². The molecular formula is C24H20ClN5O3. The standard InChI is InChI=1S/C24H20ClN5O3/c1-16-23(30-14-18(25)9-12-21(30)27-16)24(32)29-26-13-17-7-10-20(11-8-17)33-15-22(31)28-19-5-3-2-4-6-19/h2-14H,15H2,1H3,(H,28,31)(H,29,32)/b26-13-. The van der Waals surface area contributed by atoms with E-state index in [0.29, 0.717) is 33.5 Å². The monoisotopic (exact) mass is 461 g/mol. The van der Waals surface area contributed by atoms with Crippen LogP contribution in [0.5, 0.6) is 5.75 Å². The van der Waals surface area contributed by atoms with Gasteiger partial charge in [0.15, 0.2) is 6.61 Å². The molecule has 0 saturated heterocycles. The highest BCUT2D eigenvalue weighted by molar-refractivity contribution is 6.30. The number of anilines is 1. The highest BCUT2D eigenvalue weighted by Gasteiger charge is 2.16. The Morgan fingerprint density at radius 1 is 1.09 bits per heavy atom. The molecular weight excluding hydrogens is 442 g/mol. The molecule has 33 heavy (non-hydrogen) atoms. The number of hydrogen-bond acceptors (Lipinski definition) is 5. The van der Waals surface area contributed by atoms with E-state index in [1.165, 1.54) is 6.21 Å². The molecule has 4 rings (SSSR count). The van der Waals surface area contributed by atoms with Crippen LogP contribution in [0.25, 0.3) is 5.65 Å². The fourth-order valence-corrected chi connectivity index (χ4v) is 3.31. The van der Waals surface area contributed by atoms with E-state index in [-0.39, 0.29) is 12.5 Å². The number of para-hydroxylation sites is 1. The van der Waals surface area contributed by atoms with Crippen molar-refractivity contribution in [1.82, 2.24) is 14.8 Å².